The molecule has 8 heteroatoms. The standard InChI is InChI=1S/C17H25N3O4.ClH/c1-4-23-13-9-17(19,16(13,2)3)15(22)20-11-5-7-12(8-6-11)24-10-14(18)21;/h5-8,13H,4,9-10,19H2,1-3H3,(H2,18,21)(H,20,22);1H. The van der Waals surface area contributed by atoms with E-state index in [9.17, 15) is 9.59 Å². The van der Waals surface area contributed by atoms with Crippen LogP contribution in [-0.2, 0) is 14.3 Å². The molecule has 5 N–H and O–H groups in total. The normalized spacial score (nSPS) is 23.8. The number of amides is 2. The third kappa shape index (κ3) is 4.23. The molecule has 0 bridgehead atoms. The number of nitrogens with two attached hydrogens (primary N) is 2. The summed E-state index contributed by atoms with van der Waals surface area (Å²) >= 11 is 0. The Bertz CT molecular complexity index is 621. The molecule has 0 aromatic heterocycles. The van der Waals surface area contributed by atoms with Gasteiger partial charge in [0.1, 0.15) is 11.3 Å². The summed E-state index contributed by atoms with van der Waals surface area (Å²) in [6.45, 7) is 6.21. The van der Waals surface area contributed by atoms with Gasteiger partial charge in [0, 0.05) is 24.1 Å². The van der Waals surface area contributed by atoms with E-state index >= 15 is 0 Å². The number of hydrogen-bond donors (Lipinski definition) is 3. The largest absolute Gasteiger partial charge is 0.484 e. The van der Waals surface area contributed by atoms with Gasteiger partial charge < -0.3 is 26.3 Å². The van der Waals surface area contributed by atoms with Gasteiger partial charge in [-0.3, -0.25) is 9.59 Å². The number of nitrogens with one attached hydrogen (secondary N) is 1. The highest BCUT2D eigenvalue weighted by atomic mass is 35.5. The van der Waals surface area contributed by atoms with Gasteiger partial charge in [-0.15, -0.1) is 12.4 Å². The van der Waals surface area contributed by atoms with E-state index in [4.69, 9.17) is 20.9 Å². The molecule has 2 amide bonds. The van der Waals surface area contributed by atoms with Crippen LogP contribution in [-0.4, -0.2) is 36.7 Å². The van der Waals surface area contributed by atoms with E-state index in [1.807, 2.05) is 20.8 Å². The minimum absolute atomic E-state index is 0. The summed E-state index contributed by atoms with van der Waals surface area (Å²) < 4.78 is 10.8. The van der Waals surface area contributed by atoms with E-state index < -0.39 is 16.9 Å². The first kappa shape index (κ1) is 21.2. The molecule has 2 rings (SSSR count). The second kappa shape index (κ2) is 8.03. The topological polar surface area (TPSA) is 117 Å². The quantitative estimate of drug-likeness (QED) is 0.670. The SMILES string of the molecule is CCOC1CC(N)(C(=O)Nc2ccc(OCC(N)=O)cc2)C1(C)C.Cl. The van der Waals surface area contributed by atoms with Crippen LogP contribution in [0.5, 0.6) is 5.75 Å². The smallest absolute Gasteiger partial charge is 0.255 e. The van der Waals surface area contributed by atoms with Gasteiger partial charge in [-0.05, 0) is 31.2 Å². The number of anilines is 1. The summed E-state index contributed by atoms with van der Waals surface area (Å²) in [7, 11) is 0. The lowest BCUT2D eigenvalue weighted by Gasteiger charge is -2.57. The third-order valence-electron chi connectivity index (χ3n) is 4.73. The fourth-order valence-electron chi connectivity index (χ4n) is 2.85. The lowest BCUT2D eigenvalue weighted by atomic mass is 9.54. The van der Waals surface area contributed by atoms with Crippen molar-refractivity contribution in [2.24, 2.45) is 16.9 Å². The molecule has 1 aromatic rings. The van der Waals surface area contributed by atoms with Gasteiger partial charge in [0.15, 0.2) is 6.61 Å². The number of rotatable bonds is 7. The summed E-state index contributed by atoms with van der Waals surface area (Å²) in [5.74, 6) is -0.294. The van der Waals surface area contributed by atoms with Crippen molar-refractivity contribution in [3.8, 4) is 5.75 Å². The highest BCUT2D eigenvalue weighted by molar-refractivity contribution is 5.99. The maximum atomic E-state index is 12.6. The van der Waals surface area contributed by atoms with Gasteiger partial charge in [-0.1, -0.05) is 13.8 Å². The molecule has 140 valence electrons. The molecule has 7 nitrogen and oxygen atoms in total. The molecule has 1 fully saturated rings. The van der Waals surface area contributed by atoms with E-state index in [1.165, 1.54) is 0 Å². The van der Waals surface area contributed by atoms with E-state index in [0.29, 0.717) is 24.5 Å². The maximum Gasteiger partial charge on any atom is 0.255 e. The zero-order valence-electron chi connectivity index (χ0n) is 14.7. The van der Waals surface area contributed by atoms with Gasteiger partial charge in [0.05, 0.1) is 6.10 Å². The van der Waals surface area contributed by atoms with Gasteiger partial charge in [0.25, 0.3) is 5.91 Å². The van der Waals surface area contributed by atoms with Gasteiger partial charge in [-0.2, -0.15) is 0 Å². The Balaban J connectivity index is 0.00000312. The van der Waals surface area contributed by atoms with Crippen molar-refractivity contribution in [2.45, 2.75) is 38.8 Å². The summed E-state index contributed by atoms with van der Waals surface area (Å²) in [5, 5.41) is 2.83. The van der Waals surface area contributed by atoms with Gasteiger partial charge in [0.2, 0.25) is 5.91 Å². The van der Waals surface area contributed by atoms with E-state index in [1.54, 1.807) is 24.3 Å². The first-order valence-corrected chi connectivity index (χ1v) is 7.94. The van der Waals surface area contributed by atoms with Crippen LogP contribution in [0.3, 0.4) is 0 Å². The fourth-order valence-corrected chi connectivity index (χ4v) is 2.85. The second-order valence-electron chi connectivity index (χ2n) is 6.57. The molecule has 2 atom stereocenters. The monoisotopic (exact) mass is 371 g/mol. The molecule has 0 heterocycles. The molecule has 1 aromatic carbocycles. The molecular weight excluding hydrogens is 346 g/mol. The maximum absolute atomic E-state index is 12.6. The van der Waals surface area contributed by atoms with Crippen LogP contribution in [0, 0.1) is 5.41 Å². The molecule has 0 aliphatic heterocycles. The van der Waals surface area contributed by atoms with Crippen molar-refractivity contribution < 1.29 is 19.1 Å². The Morgan fingerprint density at radius 1 is 1.28 bits per heavy atom. The molecule has 25 heavy (non-hydrogen) atoms. The van der Waals surface area contributed by atoms with Crippen LogP contribution in [0.15, 0.2) is 24.3 Å². The highest BCUT2D eigenvalue weighted by Crippen LogP contribution is 2.50. The Hall–Kier alpha value is -1.83. The van der Waals surface area contributed by atoms with E-state index in [2.05, 4.69) is 5.32 Å². The first-order valence-electron chi connectivity index (χ1n) is 7.94. The summed E-state index contributed by atoms with van der Waals surface area (Å²) in [6.07, 6.45) is 0.460. The summed E-state index contributed by atoms with van der Waals surface area (Å²) in [4.78, 5) is 23.3. The van der Waals surface area contributed by atoms with Crippen molar-refractivity contribution in [3.63, 3.8) is 0 Å². The summed E-state index contributed by atoms with van der Waals surface area (Å²) in [5.41, 5.74) is 10.5. The first-order chi connectivity index (χ1) is 11.2. The number of carbonyl (C=O) groups is 2. The van der Waals surface area contributed by atoms with Crippen molar-refractivity contribution in [2.75, 3.05) is 18.5 Å². The molecule has 0 radical (unpaired) electrons. The van der Waals surface area contributed by atoms with Crippen LogP contribution >= 0.6 is 12.4 Å². The zero-order valence-corrected chi connectivity index (χ0v) is 15.5. The number of ether oxygens (including phenoxy) is 2. The lowest BCUT2D eigenvalue weighted by Crippen LogP contribution is -2.74. The number of benzene rings is 1. The average Bonchev–Trinajstić information content (AvgIpc) is 2.53. The molecule has 1 aliphatic carbocycles. The van der Waals surface area contributed by atoms with Gasteiger partial charge in [-0.25, -0.2) is 0 Å². The van der Waals surface area contributed by atoms with Crippen molar-refractivity contribution in [3.05, 3.63) is 24.3 Å². The molecule has 0 spiro atoms. The predicted molar refractivity (Wildman–Crippen MR) is 97.7 cm³/mol. The van der Waals surface area contributed by atoms with E-state index in [-0.39, 0.29) is 31.0 Å². The van der Waals surface area contributed by atoms with Crippen LogP contribution in [0.4, 0.5) is 5.69 Å². The molecule has 1 aliphatic rings. The zero-order chi connectivity index (χ0) is 18.0. The number of halogens is 1. The lowest BCUT2D eigenvalue weighted by molar-refractivity contribution is -0.166. The molecule has 0 saturated heterocycles. The van der Waals surface area contributed by atoms with E-state index in [0.717, 1.165) is 0 Å². The Morgan fingerprint density at radius 2 is 1.88 bits per heavy atom. The second-order valence-corrected chi connectivity index (χ2v) is 6.57. The highest BCUT2D eigenvalue weighted by Gasteiger charge is 2.62. The Labute approximate surface area is 153 Å². The minimum atomic E-state index is -0.978. The Morgan fingerprint density at radius 3 is 2.36 bits per heavy atom. The average molecular weight is 372 g/mol. The molecular formula is C17H26ClN3O4. The number of carbonyl (C=O) groups excluding carboxylic acids is 2. The van der Waals surface area contributed by atoms with Crippen molar-refractivity contribution in [1.82, 2.24) is 0 Å². The number of hydrogen-bond acceptors (Lipinski definition) is 5. The van der Waals surface area contributed by atoms with Crippen LogP contribution in [0.25, 0.3) is 0 Å². The van der Waals surface area contributed by atoms with Gasteiger partial charge >= 0.3 is 0 Å². The number of primary amides is 1. The van der Waals surface area contributed by atoms with Crippen LogP contribution in [0.1, 0.15) is 27.2 Å². The molecule has 2 unspecified atom stereocenters. The Kier molecular flexibility index (Phi) is 6.82. The minimum Gasteiger partial charge on any atom is -0.484 e. The third-order valence-corrected chi connectivity index (χ3v) is 4.73. The van der Waals surface area contributed by atoms with Crippen LogP contribution < -0.4 is 21.5 Å². The predicted octanol–water partition coefficient (Wildman–Crippen LogP) is 1.44. The molecule has 1 saturated carbocycles. The fraction of sp³-hybridized carbons (Fsp3) is 0.529. The van der Waals surface area contributed by atoms with Crippen molar-refractivity contribution >= 4 is 29.9 Å². The van der Waals surface area contributed by atoms with Crippen LogP contribution in [0.2, 0.25) is 0 Å². The summed E-state index contributed by atoms with van der Waals surface area (Å²) in [6, 6.07) is 6.67. The van der Waals surface area contributed by atoms with Crippen molar-refractivity contribution in [1.29, 1.82) is 0 Å².